The molecule has 1 aromatic rings. The van der Waals surface area contributed by atoms with Gasteiger partial charge in [-0.05, 0) is 28.1 Å². The van der Waals surface area contributed by atoms with Crippen molar-refractivity contribution in [1.29, 1.82) is 0 Å². The van der Waals surface area contributed by atoms with Crippen molar-refractivity contribution < 1.29 is 14.6 Å². The Morgan fingerprint density at radius 2 is 2.38 bits per heavy atom. The molecule has 2 rings (SSSR count). The Balaban J connectivity index is 2.05. The maximum atomic E-state index is 9.52. The molecule has 1 aliphatic heterocycles. The lowest BCUT2D eigenvalue weighted by Gasteiger charge is -2.06. The molecule has 13 heavy (non-hydrogen) atoms. The third-order valence-corrected chi connectivity index (χ3v) is 2.42. The molecule has 1 N–H and O–H groups in total. The highest BCUT2D eigenvalue weighted by Gasteiger charge is 2.23. The van der Waals surface area contributed by atoms with Crippen LogP contribution in [-0.4, -0.2) is 24.4 Å². The number of hydrogen-bond donors (Lipinski definition) is 1. The molecule has 1 fully saturated rings. The summed E-state index contributed by atoms with van der Waals surface area (Å²) >= 11 is 3.21. The molecule has 1 atom stereocenters. The van der Waals surface area contributed by atoms with Gasteiger partial charge < -0.3 is 14.6 Å². The Labute approximate surface area is 84.4 Å². The third-order valence-electron chi connectivity index (χ3n) is 1.78. The Morgan fingerprint density at radius 1 is 1.62 bits per heavy atom. The van der Waals surface area contributed by atoms with Crippen LogP contribution in [0.3, 0.4) is 0 Å². The molecule has 0 bridgehead atoms. The molecule has 0 unspecified atom stereocenters. The zero-order valence-electron chi connectivity index (χ0n) is 6.87. The van der Waals surface area contributed by atoms with Gasteiger partial charge in [0, 0.05) is 0 Å². The predicted molar refractivity (Wildman–Crippen MR) is 51.0 cm³/mol. The van der Waals surface area contributed by atoms with Gasteiger partial charge in [-0.25, -0.2) is 0 Å². The molecule has 0 aliphatic carbocycles. The number of para-hydroxylation sites is 1. The molecular weight excluding hydrogens is 236 g/mol. The highest BCUT2D eigenvalue weighted by molar-refractivity contribution is 9.10. The lowest BCUT2D eigenvalue weighted by Crippen LogP contribution is -2.03. The molecule has 4 heteroatoms. The highest BCUT2D eigenvalue weighted by Crippen LogP contribution is 2.33. The average molecular weight is 245 g/mol. The fourth-order valence-corrected chi connectivity index (χ4v) is 1.31. The number of halogens is 1. The first-order chi connectivity index (χ1) is 6.27. The summed E-state index contributed by atoms with van der Waals surface area (Å²) in [4.78, 5) is 0. The molecular formula is C9H9BrO3. The van der Waals surface area contributed by atoms with E-state index in [9.17, 15) is 5.11 Å². The summed E-state index contributed by atoms with van der Waals surface area (Å²) < 4.78 is 11.0. The van der Waals surface area contributed by atoms with Gasteiger partial charge in [-0.3, -0.25) is 0 Å². The Hall–Kier alpha value is -0.740. The van der Waals surface area contributed by atoms with Gasteiger partial charge in [0.2, 0.25) is 0 Å². The molecule has 0 radical (unpaired) electrons. The first kappa shape index (κ1) is 8.84. The monoisotopic (exact) mass is 244 g/mol. The third kappa shape index (κ3) is 2.14. The second-order valence-electron chi connectivity index (χ2n) is 2.85. The van der Waals surface area contributed by atoms with Gasteiger partial charge in [-0.2, -0.15) is 0 Å². The van der Waals surface area contributed by atoms with Crippen LogP contribution in [0.4, 0.5) is 0 Å². The number of phenols is 1. The molecule has 1 heterocycles. The number of benzene rings is 1. The number of hydrogen-bond acceptors (Lipinski definition) is 3. The van der Waals surface area contributed by atoms with Crippen molar-refractivity contribution in [3.63, 3.8) is 0 Å². The predicted octanol–water partition coefficient (Wildman–Crippen LogP) is 1.93. The largest absolute Gasteiger partial charge is 0.503 e. The van der Waals surface area contributed by atoms with Gasteiger partial charge in [-0.1, -0.05) is 6.07 Å². The molecule has 0 saturated carbocycles. The lowest BCUT2D eigenvalue weighted by molar-refractivity contribution is 0.253. The van der Waals surface area contributed by atoms with Gasteiger partial charge in [0.25, 0.3) is 0 Å². The number of epoxide rings is 1. The molecule has 1 aromatic carbocycles. The van der Waals surface area contributed by atoms with Crippen molar-refractivity contribution >= 4 is 15.9 Å². The van der Waals surface area contributed by atoms with Gasteiger partial charge in [0.05, 0.1) is 11.1 Å². The van der Waals surface area contributed by atoms with Gasteiger partial charge in [0.1, 0.15) is 12.7 Å². The molecule has 70 valence electrons. The highest BCUT2D eigenvalue weighted by atomic mass is 79.9. The van der Waals surface area contributed by atoms with Crippen LogP contribution < -0.4 is 4.74 Å². The summed E-state index contributed by atoms with van der Waals surface area (Å²) in [6.07, 6.45) is 0.207. The molecule has 1 aliphatic rings. The minimum atomic E-state index is 0.142. The Kier molecular flexibility index (Phi) is 2.42. The number of aromatic hydroxyl groups is 1. The normalized spacial score (nSPS) is 19.9. The lowest BCUT2D eigenvalue weighted by atomic mass is 10.3. The minimum Gasteiger partial charge on any atom is -0.503 e. The van der Waals surface area contributed by atoms with Gasteiger partial charge in [0.15, 0.2) is 11.5 Å². The maximum absolute atomic E-state index is 9.52. The summed E-state index contributed by atoms with van der Waals surface area (Å²) in [6, 6.07) is 5.30. The van der Waals surface area contributed by atoms with E-state index >= 15 is 0 Å². The molecule has 1 saturated heterocycles. The van der Waals surface area contributed by atoms with E-state index in [1.54, 1.807) is 12.1 Å². The Bertz CT molecular complexity index is 310. The van der Waals surface area contributed by atoms with E-state index in [0.717, 1.165) is 6.61 Å². The van der Waals surface area contributed by atoms with Crippen LogP contribution >= 0.6 is 15.9 Å². The molecule has 0 amide bonds. The van der Waals surface area contributed by atoms with Gasteiger partial charge >= 0.3 is 0 Å². The van der Waals surface area contributed by atoms with Crippen LogP contribution in [0, 0.1) is 0 Å². The van der Waals surface area contributed by atoms with E-state index in [1.165, 1.54) is 0 Å². The first-order valence-corrected chi connectivity index (χ1v) is 4.78. The molecule has 0 spiro atoms. The standard InChI is InChI=1S/C9H9BrO3/c10-7-2-1-3-8(9(7)11)13-5-6-4-12-6/h1-3,6,11H,4-5H2/t6-/m1/s1. The second kappa shape index (κ2) is 3.55. The van der Waals surface area contributed by atoms with Crippen molar-refractivity contribution in [2.75, 3.05) is 13.2 Å². The summed E-state index contributed by atoms with van der Waals surface area (Å²) in [5.74, 6) is 0.632. The van der Waals surface area contributed by atoms with E-state index in [0.29, 0.717) is 16.8 Å². The van der Waals surface area contributed by atoms with Crippen LogP contribution in [0.15, 0.2) is 22.7 Å². The Morgan fingerprint density at radius 3 is 3.08 bits per heavy atom. The van der Waals surface area contributed by atoms with E-state index in [4.69, 9.17) is 9.47 Å². The zero-order chi connectivity index (χ0) is 9.26. The van der Waals surface area contributed by atoms with Crippen LogP contribution in [0.2, 0.25) is 0 Å². The van der Waals surface area contributed by atoms with Crippen molar-refractivity contribution in [1.82, 2.24) is 0 Å². The van der Waals surface area contributed by atoms with Crippen molar-refractivity contribution in [3.05, 3.63) is 22.7 Å². The zero-order valence-corrected chi connectivity index (χ0v) is 8.45. The van der Waals surface area contributed by atoms with Gasteiger partial charge in [-0.15, -0.1) is 0 Å². The number of ether oxygens (including phenoxy) is 2. The van der Waals surface area contributed by atoms with E-state index in [1.807, 2.05) is 6.07 Å². The summed E-state index contributed by atoms with van der Waals surface area (Å²) in [7, 11) is 0. The summed E-state index contributed by atoms with van der Waals surface area (Å²) in [6.45, 7) is 1.26. The minimum absolute atomic E-state index is 0.142. The summed E-state index contributed by atoms with van der Waals surface area (Å²) in [5, 5.41) is 9.52. The molecule has 3 nitrogen and oxygen atoms in total. The maximum Gasteiger partial charge on any atom is 0.172 e. The van der Waals surface area contributed by atoms with E-state index in [2.05, 4.69) is 15.9 Å². The van der Waals surface area contributed by atoms with Crippen molar-refractivity contribution in [3.8, 4) is 11.5 Å². The van der Waals surface area contributed by atoms with Crippen LogP contribution in [0.25, 0.3) is 0 Å². The van der Waals surface area contributed by atoms with Crippen LogP contribution in [0.5, 0.6) is 11.5 Å². The van der Waals surface area contributed by atoms with Crippen molar-refractivity contribution in [2.24, 2.45) is 0 Å². The van der Waals surface area contributed by atoms with Crippen molar-refractivity contribution in [2.45, 2.75) is 6.10 Å². The van der Waals surface area contributed by atoms with Crippen LogP contribution in [0.1, 0.15) is 0 Å². The SMILES string of the molecule is Oc1c(Br)cccc1OC[C@H]1CO1. The average Bonchev–Trinajstić information content (AvgIpc) is 2.91. The fraction of sp³-hybridized carbons (Fsp3) is 0.333. The smallest absolute Gasteiger partial charge is 0.172 e. The quantitative estimate of drug-likeness (QED) is 0.827. The van der Waals surface area contributed by atoms with E-state index < -0.39 is 0 Å². The number of rotatable bonds is 3. The summed E-state index contributed by atoms with van der Waals surface area (Å²) in [5.41, 5.74) is 0. The van der Waals surface area contributed by atoms with Crippen LogP contribution in [-0.2, 0) is 4.74 Å². The topological polar surface area (TPSA) is 42.0 Å². The fourth-order valence-electron chi connectivity index (χ4n) is 0.959. The molecule has 0 aromatic heterocycles. The number of phenolic OH excluding ortho intramolecular Hbond substituents is 1. The second-order valence-corrected chi connectivity index (χ2v) is 3.71. The van der Waals surface area contributed by atoms with E-state index in [-0.39, 0.29) is 11.9 Å². The first-order valence-electron chi connectivity index (χ1n) is 3.99.